The van der Waals surface area contributed by atoms with E-state index < -0.39 is 11.8 Å². The first kappa shape index (κ1) is 14.7. The van der Waals surface area contributed by atoms with Gasteiger partial charge in [-0.05, 0) is 49.7 Å². The fourth-order valence-electron chi connectivity index (χ4n) is 1.76. The molecule has 0 aliphatic rings. The number of ether oxygens (including phenoxy) is 1. The summed E-state index contributed by atoms with van der Waals surface area (Å²) in [7, 11) is 0. The van der Waals surface area contributed by atoms with Crippen molar-refractivity contribution in [3.05, 3.63) is 58.9 Å². The molecule has 0 bridgehead atoms. The van der Waals surface area contributed by atoms with Crippen molar-refractivity contribution in [1.82, 2.24) is 0 Å². The predicted octanol–water partition coefficient (Wildman–Crippen LogP) is 3.83. The SMILES string of the molecule is CC(=O)c1ccc(Oc2cc(C(=O)O)ccc2C)c(F)c1. The average Bonchev–Trinajstić information content (AvgIpc) is 2.42. The lowest BCUT2D eigenvalue weighted by molar-refractivity contribution is 0.0696. The van der Waals surface area contributed by atoms with Gasteiger partial charge in [0.1, 0.15) is 5.75 Å². The van der Waals surface area contributed by atoms with E-state index in [1.807, 2.05) is 0 Å². The predicted molar refractivity (Wildman–Crippen MR) is 74.6 cm³/mol. The Labute approximate surface area is 120 Å². The standard InChI is InChI=1S/C16H13FO4/c1-9-3-4-12(16(19)20)8-15(9)21-14-6-5-11(10(2)18)7-13(14)17/h3-8H,1-2H3,(H,19,20). The molecular formula is C16H13FO4. The van der Waals surface area contributed by atoms with Crippen molar-refractivity contribution < 1.29 is 23.8 Å². The van der Waals surface area contributed by atoms with Gasteiger partial charge in [0.05, 0.1) is 5.56 Å². The molecule has 1 N–H and O–H groups in total. The van der Waals surface area contributed by atoms with Gasteiger partial charge in [-0.25, -0.2) is 9.18 Å². The van der Waals surface area contributed by atoms with Gasteiger partial charge >= 0.3 is 5.97 Å². The van der Waals surface area contributed by atoms with E-state index in [4.69, 9.17) is 9.84 Å². The van der Waals surface area contributed by atoms with Gasteiger partial charge in [0.2, 0.25) is 0 Å². The molecule has 0 saturated heterocycles. The zero-order chi connectivity index (χ0) is 15.6. The molecule has 2 rings (SSSR count). The average molecular weight is 288 g/mol. The summed E-state index contributed by atoms with van der Waals surface area (Å²) in [5, 5.41) is 8.95. The first-order valence-electron chi connectivity index (χ1n) is 6.21. The number of carboxylic acid groups (broad SMARTS) is 1. The Hall–Kier alpha value is -2.69. The van der Waals surface area contributed by atoms with E-state index in [0.29, 0.717) is 5.56 Å². The lowest BCUT2D eigenvalue weighted by atomic mass is 10.1. The van der Waals surface area contributed by atoms with Crippen LogP contribution in [0, 0.1) is 12.7 Å². The number of benzene rings is 2. The minimum Gasteiger partial charge on any atom is -0.478 e. The van der Waals surface area contributed by atoms with Crippen LogP contribution >= 0.6 is 0 Å². The molecule has 0 amide bonds. The Balaban J connectivity index is 2.36. The summed E-state index contributed by atoms with van der Waals surface area (Å²) in [6.07, 6.45) is 0. The van der Waals surface area contributed by atoms with Gasteiger partial charge in [0, 0.05) is 5.56 Å². The molecule has 2 aromatic carbocycles. The summed E-state index contributed by atoms with van der Waals surface area (Å²) in [5.41, 5.74) is 0.974. The first-order chi connectivity index (χ1) is 9.88. The number of hydrogen-bond donors (Lipinski definition) is 1. The Bertz CT molecular complexity index is 722. The molecule has 0 radical (unpaired) electrons. The van der Waals surface area contributed by atoms with Gasteiger partial charge in [0.15, 0.2) is 17.3 Å². The van der Waals surface area contributed by atoms with E-state index >= 15 is 0 Å². The molecule has 108 valence electrons. The Kier molecular flexibility index (Phi) is 4.03. The monoisotopic (exact) mass is 288 g/mol. The number of halogens is 1. The second-order valence-electron chi connectivity index (χ2n) is 4.59. The molecule has 0 aliphatic heterocycles. The molecule has 0 atom stereocenters. The number of Topliss-reactive ketones (excluding diaryl/α,β-unsaturated/α-hetero) is 1. The summed E-state index contributed by atoms with van der Waals surface area (Å²) >= 11 is 0. The molecule has 4 nitrogen and oxygen atoms in total. The van der Waals surface area contributed by atoms with Crippen molar-refractivity contribution >= 4 is 11.8 Å². The minimum atomic E-state index is -1.09. The van der Waals surface area contributed by atoms with E-state index in [-0.39, 0.29) is 28.4 Å². The van der Waals surface area contributed by atoms with E-state index in [1.165, 1.54) is 31.2 Å². The van der Waals surface area contributed by atoms with Crippen LogP contribution in [0.25, 0.3) is 0 Å². The molecule has 0 fully saturated rings. The molecule has 0 saturated carbocycles. The maximum Gasteiger partial charge on any atom is 0.335 e. The maximum atomic E-state index is 13.9. The zero-order valence-corrected chi connectivity index (χ0v) is 11.5. The van der Waals surface area contributed by atoms with Crippen LogP contribution in [0.2, 0.25) is 0 Å². The second-order valence-corrected chi connectivity index (χ2v) is 4.59. The topological polar surface area (TPSA) is 63.6 Å². The van der Waals surface area contributed by atoms with Crippen LogP contribution in [0.5, 0.6) is 11.5 Å². The Morgan fingerprint density at radius 3 is 2.29 bits per heavy atom. The third-order valence-electron chi connectivity index (χ3n) is 2.99. The largest absolute Gasteiger partial charge is 0.478 e. The third-order valence-corrected chi connectivity index (χ3v) is 2.99. The number of aryl methyl sites for hydroxylation is 1. The minimum absolute atomic E-state index is 0.0522. The molecule has 5 heteroatoms. The van der Waals surface area contributed by atoms with E-state index in [9.17, 15) is 14.0 Å². The van der Waals surface area contributed by atoms with Crippen molar-refractivity contribution in [3.63, 3.8) is 0 Å². The highest BCUT2D eigenvalue weighted by Gasteiger charge is 2.12. The Morgan fingerprint density at radius 1 is 1.05 bits per heavy atom. The van der Waals surface area contributed by atoms with E-state index in [2.05, 4.69) is 0 Å². The first-order valence-corrected chi connectivity index (χ1v) is 6.21. The summed E-state index contributed by atoms with van der Waals surface area (Å²) in [6, 6.07) is 8.25. The molecule has 0 spiro atoms. The zero-order valence-electron chi connectivity index (χ0n) is 11.5. The molecule has 0 unspecified atom stereocenters. The van der Waals surface area contributed by atoms with Crippen LogP contribution < -0.4 is 4.74 Å². The quantitative estimate of drug-likeness (QED) is 0.868. The van der Waals surface area contributed by atoms with Gasteiger partial charge in [-0.15, -0.1) is 0 Å². The van der Waals surface area contributed by atoms with Crippen LogP contribution in [-0.2, 0) is 0 Å². The lowest BCUT2D eigenvalue weighted by Crippen LogP contribution is -1.99. The van der Waals surface area contributed by atoms with Crippen LogP contribution in [0.15, 0.2) is 36.4 Å². The number of hydrogen-bond acceptors (Lipinski definition) is 3. The summed E-state index contributed by atoms with van der Waals surface area (Å²) in [5.74, 6) is -1.82. The number of rotatable bonds is 4. The van der Waals surface area contributed by atoms with Crippen LogP contribution in [-0.4, -0.2) is 16.9 Å². The molecule has 2 aromatic rings. The summed E-state index contributed by atoms with van der Waals surface area (Å²) < 4.78 is 19.3. The van der Waals surface area contributed by atoms with Crippen molar-refractivity contribution in [1.29, 1.82) is 0 Å². The number of carboxylic acids is 1. The van der Waals surface area contributed by atoms with Gasteiger partial charge < -0.3 is 9.84 Å². The van der Waals surface area contributed by atoms with Crippen LogP contribution in [0.3, 0.4) is 0 Å². The number of aromatic carboxylic acids is 1. The van der Waals surface area contributed by atoms with Gasteiger partial charge in [-0.1, -0.05) is 6.07 Å². The molecule has 21 heavy (non-hydrogen) atoms. The van der Waals surface area contributed by atoms with Crippen molar-refractivity contribution in [2.45, 2.75) is 13.8 Å². The van der Waals surface area contributed by atoms with E-state index in [1.54, 1.807) is 13.0 Å². The molecule has 0 heterocycles. The summed E-state index contributed by atoms with van der Waals surface area (Å²) in [4.78, 5) is 22.1. The Morgan fingerprint density at radius 2 is 1.71 bits per heavy atom. The number of carbonyl (C=O) groups excluding carboxylic acids is 1. The highest BCUT2D eigenvalue weighted by Crippen LogP contribution is 2.28. The van der Waals surface area contributed by atoms with Crippen LogP contribution in [0.4, 0.5) is 4.39 Å². The highest BCUT2D eigenvalue weighted by atomic mass is 19.1. The maximum absolute atomic E-state index is 13.9. The van der Waals surface area contributed by atoms with Crippen molar-refractivity contribution in [2.24, 2.45) is 0 Å². The second kappa shape index (κ2) is 5.75. The van der Waals surface area contributed by atoms with Gasteiger partial charge in [-0.2, -0.15) is 0 Å². The van der Waals surface area contributed by atoms with Crippen molar-refractivity contribution in [3.8, 4) is 11.5 Å². The fraction of sp³-hybridized carbons (Fsp3) is 0.125. The van der Waals surface area contributed by atoms with Crippen molar-refractivity contribution in [2.75, 3.05) is 0 Å². The molecule has 0 aromatic heterocycles. The smallest absolute Gasteiger partial charge is 0.335 e. The number of ketones is 1. The normalized spacial score (nSPS) is 10.2. The van der Waals surface area contributed by atoms with Gasteiger partial charge in [-0.3, -0.25) is 4.79 Å². The van der Waals surface area contributed by atoms with Gasteiger partial charge in [0.25, 0.3) is 0 Å². The lowest BCUT2D eigenvalue weighted by Gasteiger charge is -2.10. The third kappa shape index (κ3) is 3.25. The van der Waals surface area contributed by atoms with E-state index in [0.717, 1.165) is 6.07 Å². The number of carbonyl (C=O) groups is 2. The fourth-order valence-corrected chi connectivity index (χ4v) is 1.76. The highest BCUT2D eigenvalue weighted by molar-refractivity contribution is 5.94. The van der Waals surface area contributed by atoms with Crippen LogP contribution in [0.1, 0.15) is 33.2 Å². The molecule has 0 aliphatic carbocycles. The molecular weight excluding hydrogens is 275 g/mol. The summed E-state index contributed by atoms with van der Waals surface area (Å²) in [6.45, 7) is 3.07.